The number of hydrogen-bond acceptors (Lipinski definition) is 2. The van der Waals surface area contributed by atoms with Crippen molar-refractivity contribution in [2.45, 2.75) is 45.1 Å². The molecule has 1 aliphatic heterocycles. The van der Waals surface area contributed by atoms with Crippen LogP contribution >= 0.6 is 34.2 Å². The minimum Gasteiger partial charge on any atom is -0.478 e. The molecule has 1 spiro atoms. The van der Waals surface area contributed by atoms with Gasteiger partial charge in [-0.15, -0.1) is 0 Å². The summed E-state index contributed by atoms with van der Waals surface area (Å²) in [6, 6.07) is 10.7. The number of carboxylic acids is 1. The van der Waals surface area contributed by atoms with E-state index in [0.717, 1.165) is 58.9 Å². The molecule has 1 aliphatic carbocycles. The summed E-state index contributed by atoms with van der Waals surface area (Å²) in [6.45, 7) is 1.36. The fraction of sp³-hybridized carbons (Fsp3) is 0.391. The Hall–Kier alpha value is -1.60. The molecule has 2 aromatic carbocycles. The van der Waals surface area contributed by atoms with Gasteiger partial charge in [-0.3, -0.25) is 4.79 Å². The third-order valence-electron chi connectivity index (χ3n) is 6.37. The van der Waals surface area contributed by atoms with Gasteiger partial charge in [-0.1, -0.05) is 43.0 Å². The van der Waals surface area contributed by atoms with E-state index in [1.807, 2.05) is 11.0 Å². The first-order valence-corrected chi connectivity index (χ1v) is 11.5. The molecule has 1 amide bonds. The Kier molecular flexibility index (Phi) is 5.89. The molecular formula is C23H23ClINO3. The zero-order valence-electron chi connectivity index (χ0n) is 16.1. The topological polar surface area (TPSA) is 57.6 Å². The number of carbonyl (C=O) groups excluding carboxylic acids is 1. The van der Waals surface area contributed by atoms with Crippen LogP contribution in [0, 0.1) is 8.99 Å². The molecule has 0 unspecified atom stereocenters. The van der Waals surface area contributed by atoms with Crippen molar-refractivity contribution in [3.8, 4) is 11.1 Å². The van der Waals surface area contributed by atoms with E-state index in [0.29, 0.717) is 17.5 Å². The summed E-state index contributed by atoms with van der Waals surface area (Å²) in [5, 5.41) is 9.71. The van der Waals surface area contributed by atoms with Crippen LogP contribution in [-0.2, 0) is 11.3 Å². The number of halogens is 2. The van der Waals surface area contributed by atoms with Gasteiger partial charge in [-0.2, -0.15) is 0 Å². The molecule has 0 aromatic heterocycles. The Labute approximate surface area is 189 Å². The molecule has 1 N–H and O–H groups in total. The Balaban J connectivity index is 1.55. The van der Waals surface area contributed by atoms with Crippen LogP contribution in [0.15, 0.2) is 36.4 Å². The molecular weight excluding hydrogens is 501 g/mol. The molecule has 0 bridgehead atoms. The SMILES string of the molecule is O=C(O)c1ccc(-c2cc(Cl)c(CN3CCC4(CCCCC4)C3=O)c(I)c2)cc1. The van der Waals surface area contributed by atoms with E-state index < -0.39 is 5.97 Å². The molecule has 4 rings (SSSR count). The number of carbonyl (C=O) groups is 2. The molecule has 1 saturated carbocycles. The predicted molar refractivity (Wildman–Crippen MR) is 122 cm³/mol. The van der Waals surface area contributed by atoms with E-state index in [2.05, 4.69) is 28.7 Å². The van der Waals surface area contributed by atoms with E-state index in [4.69, 9.17) is 16.7 Å². The second-order valence-corrected chi connectivity index (χ2v) is 9.69. The van der Waals surface area contributed by atoms with E-state index in [1.165, 1.54) is 6.42 Å². The lowest BCUT2D eigenvalue weighted by Crippen LogP contribution is -2.35. The maximum absolute atomic E-state index is 13.1. The standard InChI is InChI=1S/C23H23ClINO3/c24-19-12-17(15-4-6-16(7-5-15)21(27)28)13-20(25)18(19)14-26-11-10-23(22(26)29)8-2-1-3-9-23/h4-7,12-13H,1-3,8-11,14H2,(H,27,28). The third kappa shape index (κ3) is 4.04. The highest BCUT2D eigenvalue weighted by molar-refractivity contribution is 14.1. The second-order valence-electron chi connectivity index (χ2n) is 8.12. The maximum Gasteiger partial charge on any atom is 0.335 e. The van der Waals surface area contributed by atoms with Gasteiger partial charge in [-0.25, -0.2) is 4.79 Å². The first-order valence-electron chi connectivity index (χ1n) is 10.0. The second kappa shape index (κ2) is 8.26. The van der Waals surface area contributed by atoms with Gasteiger partial charge >= 0.3 is 5.97 Å². The summed E-state index contributed by atoms with van der Waals surface area (Å²) in [5.41, 5.74) is 2.98. The van der Waals surface area contributed by atoms with Gasteiger partial charge in [0, 0.05) is 27.2 Å². The normalized spacial score (nSPS) is 18.4. The molecule has 2 aliphatic rings. The van der Waals surface area contributed by atoms with E-state index in [9.17, 15) is 9.59 Å². The number of rotatable bonds is 4. The molecule has 29 heavy (non-hydrogen) atoms. The van der Waals surface area contributed by atoms with Crippen LogP contribution in [0.5, 0.6) is 0 Å². The van der Waals surface area contributed by atoms with Gasteiger partial charge in [0.1, 0.15) is 0 Å². The lowest BCUT2D eigenvalue weighted by Gasteiger charge is -2.31. The highest BCUT2D eigenvalue weighted by Crippen LogP contribution is 2.45. The Morgan fingerprint density at radius 3 is 2.38 bits per heavy atom. The maximum atomic E-state index is 13.1. The van der Waals surface area contributed by atoms with Crippen LogP contribution in [-0.4, -0.2) is 28.4 Å². The summed E-state index contributed by atoms with van der Waals surface area (Å²) in [5.74, 6) is -0.636. The number of amides is 1. The first-order chi connectivity index (χ1) is 13.9. The lowest BCUT2D eigenvalue weighted by atomic mass is 9.73. The van der Waals surface area contributed by atoms with Crippen LogP contribution in [0.4, 0.5) is 0 Å². The molecule has 1 saturated heterocycles. The molecule has 0 radical (unpaired) electrons. The molecule has 4 nitrogen and oxygen atoms in total. The van der Waals surface area contributed by atoms with Gasteiger partial charge in [0.15, 0.2) is 0 Å². The summed E-state index contributed by atoms with van der Waals surface area (Å²) < 4.78 is 1.02. The van der Waals surface area contributed by atoms with E-state index >= 15 is 0 Å². The zero-order valence-corrected chi connectivity index (χ0v) is 19.0. The van der Waals surface area contributed by atoms with Gasteiger partial charge in [0.2, 0.25) is 5.91 Å². The van der Waals surface area contributed by atoms with Crippen LogP contribution < -0.4 is 0 Å². The monoisotopic (exact) mass is 523 g/mol. The zero-order chi connectivity index (χ0) is 20.6. The minimum atomic E-state index is -0.939. The minimum absolute atomic E-state index is 0.123. The van der Waals surface area contributed by atoms with Crippen LogP contribution in [0.3, 0.4) is 0 Å². The Bertz CT molecular complexity index is 928. The summed E-state index contributed by atoms with van der Waals surface area (Å²) >= 11 is 8.91. The van der Waals surface area contributed by atoms with Gasteiger partial charge in [0.05, 0.1) is 11.0 Å². The molecule has 2 fully saturated rings. The smallest absolute Gasteiger partial charge is 0.335 e. The van der Waals surface area contributed by atoms with Crippen molar-refractivity contribution in [2.24, 2.45) is 5.41 Å². The average molecular weight is 524 g/mol. The van der Waals surface area contributed by atoms with E-state index in [1.54, 1.807) is 24.3 Å². The average Bonchev–Trinajstić information content (AvgIpc) is 3.00. The molecule has 6 heteroatoms. The lowest BCUT2D eigenvalue weighted by molar-refractivity contribution is -0.138. The van der Waals surface area contributed by atoms with Crippen LogP contribution in [0.1, 0.15) is 54.4 Å². The number of hydrogen-bond donors (Lipinski definition) is 1. The quantitative estimate of drug-likeness (QED) is 0.501. The number of aromatic carboxylic acids is 1. The first kappa shape index (κ1) is 20.7. The predicted octanol–water partition coefficient (Wildman–Crippen LogP) is 5.99. The summed E-state index contributed by atoms with van der Waals surface area (Å²) in [7, 11) is 0. The number of carboxylic acid groups (broad SMARTS) is 1. The molecule has 152 valence electrons. The number of nitrogens with zero attached hydrogens (tertiary/aromatic N) is 1. The number of likely N-dealkylation sites (tertiary alicyclic amines) is 1. The fourth-order valence-corrected chi connectivity index (χ4v) is 5.89. The molecule has 1 heterocycles. The van der Waals surface area contributed by atoms with Crippen molar-refractivity contribution in [1.29, 1.82) is 0 Å². The number of benzene rings is 2. The van der Waals surface area contributed by atoms with Gasteiger partial charge in [0.25, 0.3) is 0 Å². The molecule has 2 aromatic rings. The van der Waals surface area contributed by atoms with Crippen molar-refractivity contribution in [3.63, 3.8) is 0 Å². The summed E-state index contributed by atoms with van der Waals surface area (Å²) in [4.78, 5) is 26.1. The molecule has 0 atom stereocenters. The highest BCUT2D eigenvalue weighted by Gasteiger charge is 2.46. The van der Waals surface area contributed by atoms with Crippen molar-refractivity contribution >= 4 is 46.1 Å². The fourth-order valence-electron chi connectivity index (χ4n) is 4.65. The van der Waals surface area contributed by atoms with Gasteiger partial charge in [-0.05, 0) is 77.2 Å². The van der Waals surface area contributed by atoms with Crippen molar-refractivity contribution < 1.29 is 14.7 Å². The van der Waals surface area contributed by atoms with Crippen molar-refractivity contribution in [3.05, 3.63) is 56.1 Å². The van der Waals surface area contributed by atoms with Crippen molar-refractivity contribution in [1.82, 2.24) is 4.90 Å². The van der Waals surface area contributed by atoms with E-state index in [-0.39, 0.29) is 11.0 Å². The highest BCUT2D eigenvalue weighted by atomic mass is 127. The van der Waals surface area contributed by atoms with Gasteiger partial charge < -0.3 is 10.0 Å². The van der Waals surface area contributed by atoms with Crippen LogP contribution in [0.2, 0.25) is 5.02 Å². The third-order valence-corrected chi connectivity index (χ3v) is 7.67. The largest absolute Gasteiger partial charge is 0.478 e. The Morgan fingerprint density at radius 2 is 1.76 bits per heavy atom. The summed E-state index contributed by atoms with van der Waals surface area (Å²) in [6.07, 6.45) is 6.58. The van der Waals surface area contributed by atoms with Crippen molar-refractivity contribution in [2.75, 3.05) is 6.54 Å². The van der Waals surface area contributed by atoms with Crippen LogP contribution in [0.25, 0.3) is 11.1 Å². The Morgan fingerprint density at radius 1 is 1.07 bits per heavy atom.